The minimum atomic E-state index is -0.661. The van der Waals surface area contributed by atoms with Crippen molar-refractivity contribution < 1.29 is 19.6 Å². The summed E-state index contributed by atoms with van der Waals surface area (Å²) in [5.74, 6) is 0.170. The van der Waals surface area contributed by atoms with Gasteiger partial charge in [0.05, 0.1) is 20.3 Å². The highest BCUT2D eigenvalue weighted by molar-refractivity contribution is 5.74. The molecule has 0 radical (unpaired) electrons. The fourth-order valence-corrected chi connectivity index (χ4v) is 2.05. The second kappa shape index (κ2) is 7.82. The first-order valence-electron chi connectivity index (χ1n) is 6.87. The summed E-state index contributed by atoms with van der Waals surface area (Å²) in [7, 11) is 1.51. The Labute approximate surface area is 127 Å². The maximum atomic E-state index is 10.7. The fourth-order valence-electron chi connectivity index (χ4n) is 2.05. The maximum Gasteiger partial charge on any atom is 0.342 e. The minimum Gasteiger partial charge on any atom is -0.393 e. The van der Waals surface area contributed by atoms with Crippen LogP contribution in [0.5, 0.6) is 0 Å². The van der Waals surface area contributed by atoms with Crippen LogP contribution in [0.4, 0.5) is 5.82 Å². The molecule has 0 spiro atoms. The Bertz CT molecular complexity index is 526. The number of hydrogen-bond donors (Lipinski definition) is 1. The van der Waals surface area contributed by atoms with Crippen LogP contribution >= 0.6 is 0 Å². The predicted octanol–water partition coefficient (Wildman–Crippen LogP) is -0.628. The summed E-state index contributed by atoms with van der Waals surface area (Å²) in [4.78, 5) is 21.1. The number of hydrogen-bond acceptors (Lipinski definition) is 8. The molecule has 1 N–H and O–H groups in total. The standard InChI is InChI=1S/C12H19N5O5/c1-15-11(13-7-12(15)17(19)20)6-14-22-9-10(18)8-16-2-4-21-5-3-16/h6-7,10,18H,2-5,8-9H2,1H3. The van der Waals surface area contributed by atoms with Crippen molar-refractivity contribution in [1.29, 1.82) is 0 Å². The van der Waals surface area contributed by atoms with Gasteiger partial charge in [0.2, 0.25) is 5.82 Å². The van der Waals surface area contributed by atoms with E-state index in [1.807, 2.05) is 0 Å². The zero-order chi connectivity index (χ0) is 15.9. The lowest BCUT2D eigenvalue weighted by molar-refractivity contribution is -0.391. The quantitative estimate of drug-likeness (QED) is 0.405. The van der Waals surface area contributed by atoms with Crippen LogP contribution in [0.2, 0.25) is 0 Å². The molecule has 122 valence electrons. The van der Waals surface area contributed by atoms with Crippen molar-refractivity contribution in [2.24, 2.45) is 12.2 Å². The highest BCUT2D eigenvalue weighted by Gasteiger charge is 2.16. The summed E-state index contributed by atoms with van der Waals surface area (Å²) in [6.45, 7) is 3.45. The van der Waals surface area contributed by atoms with Crippen molar-refractivity contribution in [2.75, 3.05) is 39.5 Å². The molecule has 0 aliphatic carbocycles. The second-order valence-electron chi connectivity index (χ2n) is 4.89. The number of morpholine rings is 1. The van der Waals surface area contributed by atoms with E-state index in [9.17, 15) is 15.2 Å². The van der Waals surface area contributed by atoms with E-state index < -0.39 is 11.0 Å². The molecular weight excluding hydrogens is 294 g/mol. The molecule has 10 nitrogen and oxygen atoms in total. The molecule has 2 heterocycles. The molecule has 22 heavy (non-hydrogen) atoms. The molecule has 1 fully saturated rings. The monoisotopic (exact) mass is 313 g/mol. The first-order chi connectivity index (χ1) is 10.6. The number of ether oxygens (including phenoxy) is 1. The van der Waals surface area contributed by atoms with Crippen LogP contribution in [0.25, 0.3) is 0 Å². The molecule has 1 aliphatic rings. The average molecular weight is 313 g/mol. The second-order valence-corrected chi connectivity index (χ2v) is 4.89. The summed E-state index contributed by atoms with van der Waals surface area (Å²) >= 11 is 0. The summed E-state index contributed by atoms with van der Waals surface area (Å²) in [5.41, 5.74) is 0. The number of β-amino-alcohol motifs (C(OH)–C–C–N with tert-alkyl or cyclic N) is 1. The highest BCUT2D eigenvalue weighted by Crippen LogP contribution is 2.10. The van der Waals surface area contributed by atoms with Crippen molar-refractivity contribution in [1.82, 2.24) is 14.5 Å². The summed E-state index contributed by atoms with van der Waals surface area (Å²) < 4.78 is 6.51. The SMILES string of the molecule is Cn1c([N+](=O)[O-])cnc1C=NOCC(O)CN1CCOCC1. The summed E-state index contributed by atoms with van der Waals surface area (Å²) in [6.07, 6.45) is 1.76. The Morgan fingerprint density at radius 2 is 2.36 bits per heavy atom. The van der Waals surface area contributed by atoms with Crippen LogP contribution < -0.4 is 0 Å². The van der Waals surface area contributed by atoms with E-state index in [0.29, 0.717) is 25.6 Å². The number of imidazole rings is 1. The summed E-state index contributed by atoms with van der Waals surface area (Å²) in [6, 6.07) is 0. The Hall–Kier alpha value is -2.04. The van der Waals surface area contributed by atoms with Crippen molar-refractivity contribution in [3.8, 4) is 0 Å². The highest BCUT2D eigenvalue weighted by atomic mass is 16.6. The first kappa shape index (κ1) is 16.3. The van der Waals surface area contributed by atoms with Gasteiger partial charge in [-0.3, -0.25) is 4.90 Å². The van der Waals surface area contributed by atoms with Gasteiger partial charge >= 0.3 is 5.82 Å². The van der Waals surface area contributed by atoms with E-state index in [0.717, 1.165) is 19.3 Å². The zero-order valence-electron chi connectivity index (χ0n) is 12.3. The molecule has 0 saturated carbocycles. The van der Waals surface area contributed by atoms with Crippen molar-refractivity contribution in [3.05, 3.63) is 22.1 Å². The van der Waals surface area contributed by atoms with Gasteiger partial charge in [-0.2, -0.15) is 0 Å². The smallest absolute Gasteiger partial charge is 0.342 e. The Morgan fingerprint density at radius 3 is 3.00 bits per heavy atom. The molecule has 1 aromatic rings. The van der Waals surface area contributed by atoms with Crippen LogP contribution in [0.15, 0.2) is 11.4 Å². The van der Waals surface area contributed by atoms with Crippen LogP contribution in [0, 0.1) is 10.1 Å². The Morgan fingerprint density at radius 1 is 1.64 bits per heavy atom. The third-order valence-electron chi connectivity index (χ3n) is 3.27. The lowest BCUT2D eigenvalue weighted by Gasteiger charge is -2.28. The van der Waals surface area contributed by atoms with E-state index in [-0.39, 0.29) is 12.4 Å². The zero-order valence-corrected chi connectivity index (χ0v) is 12.3. The molecule has 1 saturated heterocycles. The van der Waals surface area contributed by atoms with Gasteiger partial charge in [0.15, 0.2) is 0 Å². The molecule has 0 aromatic carbocycles. The van der Waals surface area contributed by atoms with Crippen LogP contribution in [-0.2, 0) is 16.6 Å². The molecule has 1 unspecified atom stereocenters. The lowest BCUT2D eigenvalue weighted by Crippen LogP contribution is -2.42. The van der Waals surface area contributed by atoms with Gasteiger partial charge in [0, 0.05) is 19.6 Å². The van der Waals surface area contributed by atoms with E-state index in [1.54, 1.807) is 0 Å². The van der Waals surface area contributed by atoms with Gasteiger partial charge in [0.25, 0.3) is 0 Å². The normalized spacial score (nSPS) is 17.7. The Balaban J connectivity index is 1.74. The third kappa shape index (κ3) is 4.48. The fraction of sp³-hybridized carbons (Fsp3) is 0.667. The molecule has 10 heteroatoms. The predicted molar refractivity (Wildman–Crippen MR) is 76.7 cm³/mol. The van der Waals surface area contributed by atoms with Crippen molar-refractivity contribution in [3.63, 3.8) is 0 Å². The minimum absolute atomic E-state index is 0.0420. The van der Waals surface area contributed by atoms with E-state index in [4.69, 9.17) is 9.57 Å². The average Bonchev–Trinajstić information content (AvgIpc) is 2.86. The van der Waals surface area contributed by atoms with Crippen molar-refractivity contribution >= 4 is 12.0 Å². The van der Waals surface area contributed by atoms with Crippen molar-refractivity contribution in [2.45, 2.75) is 6.10 Å². The van der Waals surface area contributed by atoms with E-state index in [2.05, 4.69) is 15.0 Å². The van der Waals surface area contributed by atoms with E-state index in [1.165, 1.54) is 17.8 Å². The number of oxime groups is 1. The molecular formula is C12H19N5O5. The van der Waals surface area contributed by atoms with Gasteiger partial charge in [-0.25, -0.2) is 9.55 Å². The number of aromatic nitrogens is 2. The third-order valence-corrected chi connectivity index (χ3v) is 3.27. The molecule has 0 amide bonds. The number of aliphatic hydroxyl groups is 1. The van der Waals surface area contributed by atoms with Gasteiger partial charge in [-0.05, 0) is 4.92 Å². The van der Waals surface area contributed by atoms with Gasteiger partial charge in [-0.15, -0.1) is 0 Å². The van der Waals surface area contributed by atoms with Crippen LogP contribution in [0.1, 0.15) is 5.82 Å². The van der Waals surface area contributed by atoms with Gasteiger partial charge in [0.1, 0.15) is 25.1 Å². The van der Waals surface area contributed by atoms with Gasteiger partial charge in [-0.1, -0.05) is 5.16 Å². The number of nitro groups is 1. The Kier molecular flexibility index (Phi) is 5.81. The maximum absolute atomic E-state index is 10.7. The first-order valence-corrected chi connectivity index (χ1v) is 6.87. The number of rotatable bonds is 7. The lowest BCUT2D eigenvalue weighted by atomic mass is 10.3. The molecule has 1 atom stereocenters. The molecule has 1 aliphatic heterocycles. The van der Waals surface area contributed by atoms with Crippen LogP contribution in [-0.4, -0.2) is 76.3 Å². The molecule has 1 aromatic heterocycles. The molecule has 2 rings (SSSR count). The van der Waals surface area contributed by atoms with Gasteiger partial charge < -0.3 is 24.8 Å². The number of aliphatic hydroxyl groups excluding tert-OH is 1. The van der Waals surface area contributed by atoms with Crippen LogP contribution in [0.3, 0.4) is 0 Å². The van der Waals surface area contributed by atoms with E-state index >= 15 is 0 Å². The summed E-state index contributed by atoms with van der Waals surface area (Å²) in [5, 5.41) is 24.2. The largest absolute Gasteiger partial charge is 0.393 e. The molecule has 0 bridgehead atoms. The topological polar surface area (TPSA) is 115 Å². The number of nitrogens with zero attached hydrogens (tertiary/aromatic N) is 5.